The number of carbonyl (C=O) groups excluding carboxylic acids is 1. The molecule has 0 radical (unpaired) electrons. The lowest BCUT2D eigenvalue weighted by Crippen LogP contribution is -2.02. The van der Waals surface area contributed by atoms with Crippen molar-refractivity contribution in [3.05, 3.63) is 11.6 Å². The van der Waals surface area contributed by atoms with Gasteiger partial charge in [-0.3, -0.25) is 0 Å². The molecule has 0 spiro atoms. The van der Waals surface area contributed by atoms with E-state index < -0.39 is 10.8 Å². The van der Waals surface area contributed by atoms with Crippen molar-refractivity contribution >= 4 is 29.2 Å². The van der Waals surface area contributed by atoms with Gasteiger partial charge in [-0.05, 0) is 19.4 Å². The minimum atomic E-state index is -0.639. The van der Waals surface area contributed by atoms with E-state index in [1.54, 1.807) is 13.8 Å². The third kappa shape index (κ3) is 5.10. The maximum absolute atomic E-state index is 10.7. The van der Waals surface area contributed by atoms with Crippen molar-refractivity contribution in [1.82, 2.24) is 0 Å². The number of hydrogen-bond donors (Lipinski definition) is 0. The van der Waals surface area contributed by atoms with Crippen LogP contribution >= 0.6 is 23.2 Å². The molecule has 0 aliphatic rings. The maximum Gasteiger partial charge on any atom is 0.330 e. The highest BCUT2D eigenvalue weighted by Crippen LogP contribution is 2.12. The number of halogens is 2. The first-order valence-corrected chi connectivity index (χ1v) is 4.08. The van der Waals surface area contributed by atoms with E-state index in [9.17, 15) is 4.79 Å². The average molecular weight is 197 g/mol. The van der Waals surface area contributed by atoms with Crippen molar-refractivity contribution in [2.45, 2.75) is 18.7 Å². The molecule has 0 aliphatic heterocycles. The van der Waals surface area contributed by atoms with E-state index in [-0.39, 0.29) is 0 Å². The number of ether oxygens (including phenoxy) is 1. The minimum Gasteiger partial charge on any atom is -0.463 e. The first-order valence-electron chi connectivity index (χ1n) is 3.21. The Labute approximate surface area is 76.1 Å². The summed E-state index contributed by atoms with van der Waals surface area (Å²) >= 11 is 10.9. The predicted octanol–water partition coefficient (Wildman–Crippen LogP) is 2.30. The zero-order chi connectivity index (χ0) is 8.85. The molecule has 0 atom stereocenters. The molecule has 0 aromatic rings. The second kappa shape index (κ2) is 5.44. The van der Waals surface area contributed by atoms with Crippen LogP contribution in [-0.4, -0.2) is 17.4 Å². The summed E-state index contributed by atoms with van der Waals surface area (Å²) < 4.78 is 4.63. The van der Waals surface area contributed by atoms with Crippen LogP contribution in [0.5, 0.6) is 0 Å². The lowest BCUT2D eigenvalue weighted by molar-refractivity contribution is -0.137. The lowest BCUT2D eigenvalue weighted by Gasteiger charge is -2.00. The molecule has 0 rings (SSSR count). The molecule has 0 aromatic carbocycles. The molecule has 0 fully saturated rings. The van der Waals surface area contributed by atoms with Crippen molar-refractivity contribution in [1.29, 1.82) is 0 Å². The van der Waals surface area contributed by atoms with Gasteiger partial charge in [0.15, 0.2) is 0 Å². The fraction of sp³-hybridized carbons (Fsp3) is 0.571. The van der Waals surface area contributed by atoms with Gasteiger partial charge < -0.3 is 4.74 Å². The van der Waals surface area contributed by atoms with E-state index in [0.717, 1.165) is 0 Å². The molecule has 64 valence electrons. The predicted molar refractivity (Wildman–Crippen MR) is 45.9 cm³/mol. The number of carbonyl (C=O) groups is 1. The molecule has 0 heterocycles. The van der Waals surface area contributed by atoms with Crippen LogP contribution in [0, 0.1) is 0 Å². The van der Waals surface area contributed by atoms with E-state index >= 15 is 0 Å². The first kappa shape index (κ1) is 10.8. The lowest BCUT2D eigenvalue weighted by atomic mass is 10.3. The van der Waals surface area contributed by atoms with Gasteiger partial charge in [0.05, 0.1) is 6.61 Å². The van der Waals surface area contributed by atoms with Gasteiger partial charge >= 0.3 is 5.97 Å². The number of esters is 1. The van der Waals surface area contributed by atoms with Gasteiger partial charge in [-0.1, -0.05) is 0 Å². The fourth-order valence-electron chi connectivity index (χ4n) is 0.433. The Balaban J connectivity index is 3.97. The summed E-state index contributed by atoms with van der Waals surface area (Å²) in [6, 6.07) is 0. The fourth-order valence-corrected chi connectivity index (χ4v) is 0.559. The van der Waals surface area contributed by atoms with E-state index in [0.29, 0.717) is 12.2 Å². The second-order valence-corrected chi connectivity index (χ2v) is 3.04. The summed E-state index contributed by atoms with van der Waals surface area (Å²) in [5, 5.41) is 0. The van der Waals surface area contributed by atoms with Crippen LogP contribution in [0.25, 0.3) is 0 Å². The Hall–Kier alpha value is -0.210. The molecule has 0 saturated heterocycles. The average Bonchev–Trinajstić information content (AvgIpc) is 1.87. The molecule has 0 aliphatic carbocycles. The van der Waals surface area contributed by atoms with E-state index in [2.05, 4.69) is 4.74 Å². The summed E-state index contributed by atoms with van der Waals surface area (Å²) in [5.41, 5.74) is 0.590. The van der Waals surface area contributed by atoms with E-state index in [4.69, 9.17) is 23.2 Å². The molecule has 0 N–H and O–H groups in total. The van der Waals surface area contributed by atoms with E-state index in [1.807, 2.05) is 0 Å². The van der Waals surface area contributed by atoms with Crippen molar-refractivity contribution in [3.63, 3.8) is 0 Å². The highest BCUT2D eigenvalue weighted by molar-refractivity contribution is 6.46. The topological polar surface area (TPSA) is 26.3 Å². The largest absolute Gasteiger partial charge is 0.463 e. The number of allylic oxidation sites excluding steroid dienone is 1. The Morgan fingerprint density at radius 3 is 2.55 bits per heavy atom. The van der Waals surface area contributed by atoms with Crippen LogP contribution in [-0.2, 0) is 9.53 Å². The number of alkyl halides is 2. The summed E-state index contributed by atoms with van der Waals surface area (Å²) in [4.78, 5) is 10.1. The monoisotopic (exact) mass is 196 g/mol. The molecule has 4 heteroatoms. The molecule has 0 bridgehead atoms. The first-order chi connectivity index (χ1) is 5.07. The van der Waals surface area contributed by atoms with Gasteiger partial charge in [-0.2, -0.15) is 0 Å². The minimum absolute atomic E-state index is 0.359. The Kier molecular flexibility index (Phi) is 5.34. The van der Waals surface area contributed by atoms with Crippen LogP contribution in [0.2, 0.25) is 0 Å². The molecule has 0 saturated carbocycles. The van der Waals surface area contributed by atoms with Gasteiger partial charge in [-0.15, -0.1) is 23.2 Å². The normalized spacial score (nSPS) is 11.9. The molecule has 0 aromatic heterocycles. The van der Waals surface area contributed by atoms with Gasteiger partial charge in [0.25, 0.3) is 0 Å². The van der Waals surface area contributed by atoms with Gasteiger partial charge in [0.2, 0.25) is 0 Å². The highest BCUT2D eigenvalue weighted by atomic mass is 35.5. The van der Waals surface area contributed by atoms with Gasteiger partial charge in [0, 0.05) is 6.08 Å². The third-order valence-electron chi connectivity index (χ3n) is 0.976. The molecular formula is C7H10Cl2O2. The number of hydrogen-bond acceptors (Lipinski definition) is 2. The smallest absolute Gasteiger partial charge is 0.330 e. The van der Waals surface area contributed by atoms with Crippen LogP contribution < -0.4 is 0 Å². The van der Waals surface area contributed by atoms with Crippen LogP contribution in [0.1, 0.15) is 13.8 Å². The van der Waals surface area contributed by atoms with Crippen molar-refractivity contribution in [3.8, 4) is 0 Å². The zero-order valence-corrected chi connectivity index (χ0v) is 7.95. The Bertz CT molecular complexity index is 164. The quantitative estimate of drug-likeness (QED) is 0.394. The summed E-state index contributed by atoms with van der Waals surface area (Å²) in [6.45, 7) is 3.76. The molecule has 0 unspecified atom stereocenters. The molecule has 0 amide bonds. The zero-order valence-electron chi connectivity index (χ0n) is 6.43. The third-order valence-corrected chi connectivity index (χ3v) is 1.66. The molecule has 11 heavy (non-hydrogen) atoms. The van der Waals surface area contributed by atoms with Crippen LogP contribution in [0.4, 0.5) is 0 Å². The van der Waals surface area contributed by atoms with E-state index in [1.165, 1.54) is 6.08 Å². The maximum atomic E-state index is 10.7. The molecule has 2 nitrogen and oxygen atoms in total. The van der Waals surface area contributed by atoms with Crippen molar-refractivity contribution in [2.24, 2.45) is 0 Å². The van der Waals surface area contributed by atoms with Gasteiger partial charge in [0.1, 0.15) is 4.84 Å². The summed E-state index contributed by atoms with van der Waals surface area (Å²) in [6.07, 6.45) is 1.29. The standard InChI is InChI=1S/C7H10Cl2O2/c1-3-11-6(10)4-5(2)7(8)9/h4,7H,3H2,1-2H3. The highest BCUT2D eigenvalue weighted by Gasteiger charge is 2.04. The summed E-state index contributed by atoms with van der Waals surface area (Å²) in [7, 11) is 0. The molecular weight excluding hydrogens is 187 g/mol. The van der Waals surface area contributed by atoms with Crippen molar-refractivity contribution < 1.29 is 9.53 Å². The van der Waals surface area contributed by atoms with Gasteiger partial charge in [-0.25, -0.2) is 4.79 Å². The Morgan fingerprint density at radius 1 is 1.64 bits per heavy atom. The summed E-state index contributed by atoms with van der Waals surface area (Å²) in [5.74, 6) is -0.406. The second-order valence-electron chi connectivity index (χ2n) is 1.94. The van der Waals surface area contributed by atoms with Crippen molar-refractivity contribution in [2.75, 3.05) is 6.61 Å². The van der Waals surface area contributed by atoms with Crippen LogP contribution in [0.3, 0.4) is 0 Å². The number of rotatable bonds is 3. The Morgan fingerprint density at radius 2 is 2.18 bits per heavy atom. The SMILES string of the molecule is CCOC(=O)C=C(C)C(Cl)Cl. The van der Waals surface area contributed by atoms with Crippen LogP contribution in [0.15, 0.2) is 11.6 Å².